The number of hydrogen-bond acceptors (Lipinski definition) is 15. The Morgan fingerprint density at radius 1 is 0.338 bits per heavy atom. The molecule has 0 bridgehead atoms. The first-order chi connectivity index (χ1) is 30.8. The van der Waals surface area contributed by atoms with Gasteiger partial charge in [0.1, 0.15) is 17.2 Å². The van der Waals surface area contributed by atoms with Crippen LogP contribution >= 0.6 is 0 Å². The fourth-order valence-corrected chi connectivity index (χ4v) is 7.20. The molecule has 0 heterocycles. The van der Waals surface area contributed by atoms with E-state index in [1.54, 1.807) is 72.8 Å². The normalized spacial score (nSPS) is 11.4. The largest absolute Gasteiger partial charge is 0.504 e. The molecule has 0 radical (unpaired) electrons. The average Bonchev–Trinajstić information content (AvgIpc) is 3.29. The summed E-state index contributed by atoms with van der Waals surface area (Å²) >= 11 is 0. The van der Waals surface area contributed by atoms with Crippen LogP contribution in [0.25, 0.3) is 0 Å². The summed E-state index contributed by atoms with van der Waals surface area (Å²) in [6.45, 7) is 6.01. The number of benzene rings is 7. The minimum Gasteiger partial charge on any atom is -0.504 e. The topological polar surface area (TPSA) is 261 Å². The maximum absolute atomic E-state index is 12.9. The number of carbonyl (C=O) groups excluding carboxylic acids is 3. The van der Waals surface area contributed by atoms with E-state index in [4.69, 9.17) is 14.2 Å². The molecule has 0 amide bonds. The molecule has 0 saturated heterocycles. The molecule has 0 aliphatic heterocycles. The number of phenols is 9. The van der Waals surface area contributed by atoms with Crippen LogP contribution in [-0.4, -0.2) is 63.9 Å². The van der Waals surface area contributed by atoms with Gasteiger partial charge in [0, 0.05) is 10.8 Å². The van der Waals surface area contributed by atoms with Crippen molar-refractivity contribution in [3.05, 3.63) is 178 Å². The summed E-state index contributed by atoms with van der Waals surface area (Å²) in [6, 6.07) is 33.8. The Morgan fingerprint density at radius 3 is 0.785 bits per heavy atom. The molecule has 15 nitrogen and oxygen atoms in total. The second kappa shape index (κ2) is 17.1. The summed E-state index contributed by atoms with van der Waals surface area (Å²) in [5, 5.41) is 88.1. The maximum Gasteiger partial charge on any atom is 0.343 e. The van der Waals surface area contributed by atoms with Gasteiger partial charge in [-0.15, -0.1) is 0 Å². The number of aromatic hydroxyl groups is 9. The average molecular weight is 881 g/mol. The Hall–Kier alpha value is -8.85. The SMILES string of the molecule is CC(C)(c1ccc(OC(=O)c2cc(O)c(O)c(O)c2)cc1)c1ccc(C(C)(c2ccc(OC(=O)c3cc(O)c(O)c(O)c3)cc2)c2ccc(OC(=O)c3cc(O)c(O)c(O)c3)cc2)cc1. The highest BCUT2D eigenvalue weighted by molar-refractivity contribution is 5.94. The van der Waals surface area contributed by atoms with Gasteiger partial charge in [-0.25, -0.2) is 14.4 Å². The van der Waals surface area contributed by atoms with Gasteiger partial charge in [0.25, 0.3) is 0 Å². The lowest BCUT2D eigenvalue weighted by atomic mass is 9.70. The van der Waals surface area contributed by atoms with E-state index in [9.17, 15) is 60.3 Å². The van der Waals surface area contributed by atoms with Gasteiger partial charge in [-0.05, 0) is 108 Å². The highest BCUT2D eigenvalue weighted by atomic mass is 16.5. The number of hydrogen-bond donors (Lipinski definition) is 9. The van der Waals surface area contributed by atoms with E-state index in [-0.39, 0.29) is 33.9 Å². The van der Waals surface area contributed by atoms with E-state index < -0.39 is 80.5 Å². The molecule has 0 aliphatic rings. The van der Waals surface area contributed by atoms with Crippen LogP contribution in [0.5, 0.6) is 69.0 Å². The predicted molar refractivity (Wildman–Crippen MR) is 233 cm³/mol. The van der Waals surface area contributed by atoms with Gasteiger partial charge < -0.3 is 60.2 Å². The second-order valence-electron chi connectivity index (χ2n) is 15.7. The molecule has 0 unspecified atom stereocenters. The molecule has 9 N–H and O–H groups in total. The van der Waals surface area contributed by atoms with Gasteiger partial charge in [-0.1, -0.05) is 74.5 Å². The molecule has 330 valence electrons. The number of esters is 3. The summed E-state index contributed by atoms with van der Waals surface area (Å²) < 4.78 is 16.4. The Kier molecular flexibility index (Phi) is 11.7. The van der Waals surface area contributed by atoms with E-state index in [0.717, 1.165) is 64.2 Å². The van der Waals surface area contributed by atoms with Gasteiger partial charge in [-0.3, -0.25) is 0 Å². The fraction of sp³-hybridized carbons (Fsp3) is 0.100. The predicted octanol–water partition coefficient (Wildman–Crippen LogP) is 8.37. The lowest BCUT2D eigenvalue weighted by molar-refractivity contribution is 0.0724. The third-order valence-electron chi connectivity index (χ3n) is 11.2. The molecule has 0 atom stereocenters. The molecule has 15 heteroatoms. The van der Waals surface area contributed by atoms with Crippen molar-refractivity contribution in [2.45, 2.75) is 31.6 Å². The zero-order chi connectivity index (χ0) is 47.0. The van der Waals surface area contributed by atoms with Crippen LogP contribution in [0.1, 0.15) is 79.7 Å². The summed E-state index contributed by atoms with van der Waals surface area (Å²) in [5.41, 5.74) is 2.04. The van der Waals surface area contributed by atoms with Crippen molar-refractivity contribution in [2.24, 2.45) is 0 Å². The molecule has 7 rings (SSSR count). The van der Waals surface area contributed by atoms with Crippen LogP contribution in [0.15, 0.2) is 133 Å². The lowest BCUT2D eigenvalue weighted by Crippen LogP contribution is -2.26. The third kappa shape index (κ3) is 8.79. The molecule has 0 saturated carbocycles. The van der Waals surface area contributed by atoms with Crippen LogP contribution < -0.4 is 14.2 Å². The summed E-state index contributed by atoms with van der Waals surface area (Å²) in [4.78, 5) is 38.6. The van der Waals surface area contributed by atoms with Crippen molar-refractivity contribution < 1.29 is 74.6 Å². The van der Waals surface area contributed by atoms with E-state index in [2.05, 4.69) is 0 Å². The smallest absolute Gasteiger partial charge is 0.343 e. The van der Waals surface area contributed by atoms with E-state index in [1.807, 2.05) is 45.0 Å². The first-order valence-electron chi connectivity index (χ1n) is 19.6. The van der Waals surface area contributed by atoms with Crippen molar-refractivity contribution >= 4 is 17.9 Å². The van der Waals surface area contributed by atoms with Crippen molar-refractivity contribution in [1.29, 1.82) is 0 Å². The Labute approximate surface area is 370 Å². The summed E-state index contributed by atoms with van der Waals surface area (Å²) in [7, 11) is 0. The zero-order valence-corrected chi connectivity index (χ0v) is 34.7. The van der Waals surface area contributed by atoms with Crippen LogP contribution in [0.2, 0.25) is 0 Å². The molecular formula is C50H40O15. The highest BCUT2D eigenvalue weighted by Gasteiger charge is 2.33. The molecular weight excluding hydrogens is 841 g/mol. The highest BCUT2D eigenvalue weighted by Crippen LogP contribution is 2.43. The first-order valence-corrected chi connectivity index (χ1v) is 19.6. The second-order valence-corrected chi connectivity index (χ2v) is 15.7. The molecule has 0 fully saturated rings. The quantitative estimate of drug-likeness (QED) is 0.0256. The maximum atomic E-state index is 12.9. The van der Waals surface area contributed by atoms with Crippen LogP contribution in [-0.2, 0) is 10.8 Å². The third-order valence-corrected chi connectivity index (χ3v) is 11.2. The fourth-order valence-electron chi connectivity index (χ4n) is 7.20. The van der Waals surface area contributed by atoms with E-state index in [1.165, 1.54) is 0 Å². The van der Waals surface area contributed by atoms with Crippen LogP contribution in [0.4, 0.5) is 0 Å². The lowest BCUT2D eigenvalue weighted by Gasteiger charge is -2.33. The molecule has 0 aromatic heterocycles. The Balaban J connectivity index is 1.17. The number of carbonyl (C=O) groups is 3. The summed E-state index contributed by atoms with van der Waals surface area (Å²) in [5.74, 6) is -8.66. The van der Waals surface area contributed by atoms with Crippen LogP contribution in [0.3, 0.4) is 0 Å². The van der Waals surface area contributed by atoms with Crippen molar-refractivity contribution in [3.63, 3.8) is 0 Å². The number of ether oxygens (including phenoxy) is 3. The Bertz CT molecular complexity index is 2770. The monoisotopic (exact) mass is 880 g/mol. The Morgan fingerprint density at radius 2 is 0.538 bits per heavy atom. The zero-order valence-electron chi connectivity index (χ0n) is 34.7. The van der Waals surface area contributed by atoms with Gasteiger partial charge in [-0.2, -0.15) is 0 Å². The molecule has 0 aliphatic carbocycles. The minimum absolute atomic E-state index is 0.138. The van der Waals surface area contributed by atoms with Crippen molar-refractivity contribution in [3.8, 4) is 69.0 Å². The number of phenolic OH excluding ortho intramolecular Hbond substituents is 9. The van der Waals surface area contributed by atoms with Gasteiger partial charge in [0.05, 0.1) is 16.7 Å². The van der Waals surface area contributed by atoms with E-state index >= 15 is 0 Å². The van der Waals surface area contributed by atoms with Gasteiger partial charge >= 0.3 is 17.9 Å². The minimum atomic E-state index is -0.909. The standard InChI is InChI=1S/C50H40O15/c1-49(2,30-8-14-34(15-9-30)63-46(60)26-20-37(51)43(57)38(52)21-26)29-4-6-31(7-5-29)50(3,32-10-16-35(17-11-32)64-47(61)27-22-39(53)44(58)40(54)23-27)33-12-18-36(19-13-33)65-48(62)28-24-41(55)45(59)42(56)25-28/h4-25,51-59H,1-3H3. The molecule has 7 aromatic rings. The van der Waals surface area contributed by atoms with Gasteiger partial charge in [0.15, 0.2) is 51.7 Å². The molecule has 7 aromatic carbocycles. The summed E-state index contributed by atoms with van der Waals surface area (Å²) in [6.07, 6.45) is 0. The van der Waals surface area contributed by atoms with Crippen molar-refractivity contribution in [2.75, 3.05) is 0 Å². The molecule has 65 heavy (non-hydrogen) atoms. The van der Waals surface area contributed by atoms with E-state index in [0.29, 0.717) is 0 Å². The van der Waals surface area contributed by atoms with Crippen LogP contribution in [0, 0.1) is 0 Å². The van der Waals surface area contributed by atoms with Gasteiger partial charge in [0.2, 0.25) is 0 Å². The number of rotatable bonds is 11. The van der Waals surface area contributed by atoms with Crippen molar-refractivity contribution in [1.82, 2.24) is 0 Å². The molecule has 0 spiro atoms. The first kappa shape index (κ1) is 44.2.